The van der Waals surface area contributed by atoms with Gasteiger partial charge in [0.2, 0.25) is 10.0 Å². The molecule has 0 aliphatic carbocycles. The zero-order valence-electron chi connectivity index (χ0n) is 14.5. The number of aryl methyl sites for hydroxylation is 1. The summed E-state index contributed by atoms with van der Waals surface area (Å²) in [5.74, 6) is 0. The number of pyridine rings is 1. The van der Waals surface area contributed by atoms with Crippen molar-refractivity contribution in [1.82, 2.24) is 14.1 Å². The van der Waals surface area contributed by atoms with Gasteiger partial charge in [0.25, 0.3) is 0 Å². The number of fused-ring (bicyclic) bond motifs is 1. The number of nitrogens with one attached hydrogen (secondary N) is 1. The lowest BCUT2D eigenvalue weighted by atomic mass is 10.2. The summed E-state index contributed by atoms with van der Waals surface area (Å²) < 4.78 is 66.6. The van der Waals surface area contributed by atoms with Crippen LogP contribution in [0.5, 0.6) is 0 Å². The number of nitrogens with zero attached hydrogens (tertiary/aromatic N) is 2. The van der Waals surface area contributed by atoms with Crippen LogP contribution in [0.2, 0.25) is 0 Å². The predicted octanol–water partition coefficient (Wildman–Crippen LogP) is 3.44. The third-order valence-corrected chi connectivity index (χ3v) is 5.62. The van der Waals surface area contributed by atoms with Gasteiger partial charge in [0, 0.05) is 25.4 Å². The maximum atomic E-state index is 12.8. The van der Waals surface area contributed by atoms with E-state index in [-0.39, 0.29) is 17.9 Å². The Morgan fingerprint density at radius 2 is 1.78 bits per heavy atom. The van der Waals surface area contributed by atoms with Gasteiger partial charge >= 0.3 is 6.18 Å². The molecule has 0 amide bonds. The van der Waals surface area contributed by atoms with E-state index in [4.69, 9.17) is 0 Å². The normalized spacial score (nSPS) is 12.6. The molecule has 0 aliphatic heterocycles. The van der Waals surface area contributed by atoms with Crippen LogP contribution in [0.3, 0.4) is 0 Å². The van der Waals surface area contributed by atoms with Crippen LogP contribution in [-0.2, 0) is 29.0 Å². The Morgan fingerprint density at radius 1 is 1.07 bits per heavy atom. The molecule has 0 unspecified atom stereocenters. The monoisotopic (exact) mass is 397 g/mol. The zero-order chi connectivity index (χ0) is 19.7. The van der Waals surface area contributed by atoms with Crippen molar-refractivity contribution in [1.29, 1.82) is 0 Å². The van der Waals surface area contributed by atoms with Gasteiger partial charge in [-0.3, -0.25) is 0 Å². The van der Waals surface area contributed by atoms with Crippen molar-refractivity contribution in [2.45, 2.75) is 30.8 Å². The summed E-state index contributed by atoms with van der Waals surface area (Å²) in [6, 6.07) is 8.86. The van der Waals surface area contributed by atoms with Gasteiger partial charge in [-0.2, -0.15) is 13.2 Å². The number of hydrogen-bond donors (Lipinski definition) is 1. The topological polar surface area (TPSA) is 63.5 Å². The lowest BCUT2D eigenvalue weighted by Gasteiger charge is -2.06. The van der Waals surface area contributed by atoms with E-state index in [1.165, 1.54) is 16.7 Å². The largest absolute Gasteiger partial charge is 0.417 e. The fourth-order valence-electron chi connectivity index (χ4n) is 2.63. The molecule has 2 heterocycles. The zero-order valence-corrected chi connectivity index (χ0v) is 15.3. The van der Waals surface area contributed by atoms with E-state index in [0.29, 0.717) is 11.3 Å². The molecule has 5 nitrogen and oxygen atoms in total. The van der Waals surface area contributed by atoms with E-state index in [0.717, 1.165) is 24.2 Å². The van der Waals surface area contributed by atoms with Crippen molar-refractivity contribution in [2.75, 3.05) is 6.54 Å². The van der Waals surface area contributed by atoms with Crippen molar-refractivity contribution in [2.24, 2.45) is 0 Å². The second kappa shape index (κ2) is 7.32. The Bertz CT molecular complexity index is 1040. The Labute approximate surface area is 154 Å². The van der Waals surface area contributed by atoms with Crippen molar-refractivity contribution >= 4 is 15.7 Å². The first-order valence-electron chi connectivity index (χ1n) is 8.32. The molecule has 0 bridgehead atoms. The summed E-state index contributed by atoms with van der Waals surface area (Å²) in [5, 5.41) is 0. The average molecular weight is 397 g/mol. The molecule has 0 radical (unpaired) electrons. The lowest BCUT2D eigenvalue weighted by molar-refractivity contribution is -0.137. The molecule has 0 saturated heterocycles. The fourth-order valence-corrected chi connectivity index (χ4v) is 3.67. The summed E-state index contributed by atoms with van der Waals surface area (Å²) >= 11 is 0. The molecule has 0 fully saturated rings. The molecule has 3 rings (SSSR count). The van der Waals surface area contributed by atoms with Crippen LogP contribution in [0, 0.1) is 0 Å². The number of aromatic nitrogens is 2. The van der Waals surface area contributed by atoms with Gasteiger partial charge in [-0.1, -0.05) is 19.1 Å². The highest BCUT2D eigenvalue weighted by Gasteiger charge is 2.30. The minimum Gasteiger partial charge on any atom is -0.306 e. The summed E-state index contributed by atoms with van der Waals surface area (Å²) in [7, 11) is -3.64. The molecule has 27 heavy (non-hydrogen) atoms. The van der Waals surface area contributed by atoms with E-state index in [2.05, 4.69) is 9.71 Å². The smallest absolute Gasteiger partial charge is 0.306 e. The molecule has 3 aromatic rings. The molecule has 144 valence electrons. The summed E-state index contributed by atoms with van der Waals surface area (Å²) in [4.78, 5) is 4.38. The summed E-state index contributed by atoms with van der Waals surface area (Å²) in [6.07, 6.45) is -0.922. The van der Waals surface area contributed by atoms with Gasteiger partial charge in [0.1, 0.15) is 5.65 Å². The van der Waals surface area contributed by atoms with Crippen LogP contribution in [0.4, 0.5) is 13.2 Å². The fraction of sp³-hybridized carbons (Fsp3) is 0.278. The SMILES string of the molecule is CCc1ccc(S(=O)(=O)NCCc2cn3cc(C(F)(F)F)ccc3n2)cc1. The number of sulfonamides is 1. The summed E-state index contributed by atoms with van der Waals surface area (Å²) in [6.45, 7) is 2.07. The maximum absolute atomic E-state index is 12.8. The molecule has 0 aliphatic rings. The summed E-state index contributed by atoms with van der Waals surface area (Å²) in [5.41, 5.74) is 1.14. The second-order valence-corrected chi connectivity index (χ2v) is 7.83. The number of benzene rings is 1. The third-order valence-electron chi connectivity index (χ3n) is 4.14. The molecular formula is C18H18F3N3O2S. The van der Waals surface area contributed by atoms with E-state index >= 15 is 0 Å². The maximum Gasteiger partial charge on any atom is 0.417 e. The number of imidazole rings is 1. The van der Waals surface area contributed by atoms with E-state index in [9.17, 15) is 21.6 Å². The van der Waals surface area contributed by atoms with Crippen molar-refractivity contribution in [3.8, 4) is 0 Å². The van der Waals surface area contributed by atoms with Crippen LogP contribution in [0.25, 0.3) is 5.65 Å². The van der Waals surface area contributed by atoms with Gasteiger partial charge in [0.05, 0.1) is 16.2 Å². The first-order valence-corrected chi connectivity index (χ1v) is 9.81. The first-order chi connectivity index (χ1) is 12.7. The molecule has 1 N–H and O–H groups in total. The van der Waals surface area contributed by atoms with Crippen LogP contribution in [0.1, 0.15) is 23.7 Å². The van der Waals surface area contributed by atoms with E-state index in [1.54, 1.807) is 24.3 Å². The Hall–Kier alpha value is -2.39. The van der Waals surface area contributed by atoms with Crippen LogP contribution < -0.4 is 4.72 Å². The highest BCUT2D eigenvalue weighted by molar-refractivity contribution is 7.89. The number of alkyl halides is 3. The van der Waals surface area contributed by atoms with Gasteiger partial charge in [-0.05, 0) is 36.2 Å². The third kappa shape index (κ3) is 4.48. The van der Waals surface area contributed by atoms with Gasteiger partial charge in [0.15, 0.2) is 0 Å². The highest BCUT2D eigenvalue weighted by Crippen LogP contribution is 2.29. The van der Waals surface area contributed by atoms with Gasteiger partial charge in [-0.15, -0.1) is 0 Å². The van der Waals surface area contributed by atoms with E-state index < -0.39 is 21.8 Å². The highest BCUT2D eigenvalue weighted by atomic mass is 32.2. The van der Waals surface area contributed by atoms with Crippen LogP contribution >= 0.6 is 0 Å². The van der Waals surface area contributed by atoms with Crippen LogP contribution in [-0.4, -0.2) is 24.3 Å². The van der Waals surface area contributed by atoms with Gasteiger partial charge in [-0.25, -0.2) is 18.1 Å². The lowest BCUT2D eigenvalue weighted by Crippen LogP contribution is -2.26. The molecule has 0 atom stereocenters. The molecule has 0 saturated carbocycles. The first kappa shape index (κ1) is 19.4. The second-order valence-electron chi connectivity index (χ2n) is 6.06. The number of hydrogen-bond acceptors (Lipinski definition) is 3. The van der Waals surface area contributed by atoms with Crippen molar-refractivity contribution in [3.63, 3.8) is 0 Å². The predicted molar refractivity (Wildman–Crippen MR) is 94.9 cm³/mol. The minimum atomic E-state index is -4.43. The van der Waals surface area contributed by atoms with E-state index in [1.807, 2.05) is 6.92 Å². The Balaban J connectivity index is 1.67. The minimum absolute atomic E-state index is 0.0911. The molecule has 1 aromatic carbocycles. The molecule has 9 heteroatoms. The Kier molecular flexibility index (Phi) is 5.25. The van der Waals surface area contributed by atoms with Crippen molar-refractivity contribution in [3.05, 3.63) is 65.6 Å². The number of rotatable bonds is 6. The van der Waals surface area contributed by atoms with Crippen LogP contribution in [0.15, 0.2) is 53.7 Å². The number of halogens is 3. The van der Waals surface area contributed by atoms with Gasteiger partial charge < -0.3 is 4.40 Å². The quantitative estimate of drug-likeness (QED) is 0.693. The standard InChI is InChI=1S/C18H18F3N3O2S/c1-2-13-3-6-16(7-4-13)27(25,26)22-10-9-15-12-24-11-14(18(19,20)21)5-8-17(24)23-15/h3-8,11-12,22H,2,9-10H2,1H3. The average Bonchev–Trinajstić information content (AvgIpc) is 3.02. The molecular weight excluding hydrogens is 379 g/mol. The Morgan fingerprint density at radius 3 is 2.41 bits per heavy atom. The van der Waals surface area contributed by atoms with Crippen molar-refractivity contribution < 1.29 is 21.6 Å². The molecule has 2 aromatic heterocycles. The molecule has 0 spiro atoms.